The van der Waals surface area contributed by atoms with Gasteiger partial charge in [-0.1, -0.05) is 12.1 Å². The molecular weight excluding hydrogens is 300 g/mol. The molecule has 0 bridgehead atoms. The minimum atomic E-state index is -3.13. The standard InChI is InChI=1S/C16H24N2O3S/c1-21-15-4-2-13(3-5-15)8-11-18-12-14-6-9-17-10-7-16(14)22(18,19)20/h2-5,14,16-17H,6-12H2,1H3/t14-,16-/m1/s1. The summed E-state index contributed by atoms with van der Waals surface area (Å²) in [6.45, 7) is 3.01. The number of hydrogen-bond donors (Lipinski definition) is 1. The van der Waals surface area contributed by atoms with Gasteiger partial charge in [-0.3, -0.25) is 0 Å². The van der Waals surface area contributed by atoms with E-state index in [1.165, 1.54) is 0 Å². The van der Waals surface area contributed by atoms with Gasteiger partial charge in [0.2, 0.25) is 10.0 Å². The maximum Gasteiger partial charge on any atom is 0.217 e. The summed E-state index contributed by atoms with van der Waals surface area (Å²) in [6.07, 6.45) is 2.45. The number of fused-ring (bicyclic) bond motifs is 1. The molecule has 2 fully saturated rings. The van der Waals surface area contributed by atoms with Gasteiger partial charge in [0.05, 0.1) is 12.4 Å². The maximum absolute atomic E-state index is 12.7. The first-order valence-corrected chi connectivity index (χ1v) is 9.44. The molecule has 2 aliphatic heterocycles. The molecule has 5 nitrogen and oxygen atoms in total. The SMILES string of the molecule is COc1ccc(CCN2C[C@H]3CCNCC[C@H]3S2(=O)=O)cc1. The molecule has 0 spiro atoms. The molecule has 0 unspecified atom stereocenters. The molecule has 6 heteroatoms. The van der Waals surface area contributed by atoms with Crippen molar-refractivity contribution >= 4 is 10.0 Å². The predicted molar refractivity (Wildman–Crippen MR) is 86.6 cm³/mol. The van der Waals surface area contributed by atoms with Crippen molar-refractivity contribution < 1.29 is 13.2 Å². The Hall–Kier alpha value is -1.11. The summed E-state index contributed by atoms with van der Waals surface area (Å²) in [4.78, 5) is 0. The van der Waals surface area contributed by atoms with E-state index in [-0.39, 0.29) is 11.2 Å². The Balaban J connectivity index is 1.65. The highest BCUT2D eigenvalue weighted by Gasteiger charge is 2.45. The number of benzene rings is 1. The van der Waals surface area contributed by atoms with Crippen molar-refractivity contribution in [2.75, 3.05) is 33.3 Å². The van der Waals surface area contributed by atoms with Gasteiger partial charge in [-0.25, -0.2) is 12.7 Å². The Morgan fingerprint density at radius 2 is 1.95 bits per heavy atom. The van der Waals surface area contributed by atoms with E-state index >= 15 is 0 Å². The normalized spacial score (nSPS) is 28.0. The van der Waals surface area contributed by atoms with Gasteiger partial charge < -0.3 is 10.1 Å². The van der Waals surface area contributed by atoms with E-state index in [1.54, 1.807) is 11.4 Å². The van der Waals surface area contributed by atoms with Gasteiger partial charge >= 0.3 is 0 Å². The first-order chi connectivity index (χ1) is 10.6. The second kappa shape index (κ2) is 6.56. The molecule has 122 valence electrons. The number of nitrogens with one attached hydrogen (secondary N) is 1. The van der Waals surface area contributed by atoms with Crippen molar-refractivity contribution in [2.24, 2.45) is 5.92 Å². The minimum absolute atomic E-state index is 0.182. The fraction of sp³-hybridized carbons (Fsp3) is 0.625. The van der Waals surface area contributed by atoms with Crippen LogP contribution < -0.4 is 10.1 Å². The summed E-state index contributed by atoms with van der Waals surface area (Å²) in [5.74, 6) is 1.11. The summed E-state index contributed by atoms with van der Waals surface area (Å²) in [6, 6.07) is 7.85. The molecular formula is C16H24N2O3S. The molecule has 2 aliphatic rings. The van der Waals surface area contributed by atoms with E-state index in [2.05, 4.69) is 5.32 Å². The predicted octanol–water partition coefficient (Wildman–Crippen LogP) is 1.25. The summed E-state index contributed by atoms with van der Waals surface area (Å²) in [5, 5.41) is 3.12. The third kappa shape index (κ3) is 3.14. The lowest BCUT2D eigenvalue weighted by molar-refractivity contribution is 0.386. The van der Waals surface area contributed by atoms with Crippen LogP contribution in [0.2, 0.25) is 0 Å². The van der Waals surface area contributed by atoms with Crippen molar-refractivity contribution in [3.63, 3.8) is 0 Å². The molecule has 22 heavy (non-hydrogen) atoms. The van der Waals surface area contributed by atoms with E-state index in [9.17, 15) is 8.42 Å². The van der Waals surface area contributed by atoms with Crippen molar-refractivity contribution in [1.82, 2.24) is 9.62 Å². The smallest absolute Gasteiger partial charge is 0.217 e. The van der Waals surface area contributed by atoms with Crippen LogP contribution >= 0.6 is 0 Å². The van der Waals surface area contributed by atoms with Crippen LogP contribution in [0.15, 0.2) is 24.3 Å². The van der Waals surface area contributed by atoms with Crippen molar-refractivity contribution in [3.05, 3.63) is 29.8 Å². The van der Waals surface area contributed by atoms with Crippen LogP contribution in [0.25, 0.3) is 0 Å². The first-order valence-electron chi connectivity index (χ1n) is 7.94. The van der Waals surface area contributed by atoms with Crippen LogP contribution in [0.4, 0.5) is 0 Å². The van der Waals surface area contributed by atoms with E-state index in [4.69, 9.17) is 4.74 Å². The summed E-state index contributed by atoms with van der Waals surface area (Å²) < 4.78 is 32.2. The van der Waals surface area contributed by atoms with Gasteiger partial charge in [0.15, 0.2) is 0 Å². The lowest BCUT2D eigenvalue weighted by Crippen LogP contribution is -2.32. The summed E-state index contributed by atoms with van der Waals surface area (Å²) in [5.41, 5.74) is 1.14. The zero-order valence-electron chi connectivity index (χ0n) is 13.0. The van der Waals surface area contributed by atoms with E-state index in [0.29, 0.717) is 13.1 Å². The Morgan fingerprint density at radius 3 is 2.68 bits per heavy atom. The van der Waals surface area contributed by atoms with E-state index in [0.717, 1.165) is 43.7 Å². The number of methoxy groups -OCH3 is 1. The topological polar surface area (TPSA) is 58.6 Å². The number of sulfonamides is 1. The average Bonchev–Trinajstić information content (AvgIpc) is 2.70. The Kier molecular flexibility index (Phi) is 4.70. The van der Waals surface area contributed by atoms with Gasteiger partial charge in [-0.2, -0.15) is 0 Å². The first kappa shape index (κ1) is 15.8. The second-order valence-electron chi connectivity index (χ2n) is 6.13. The van der Waals surface area contributed by atoms with Crippen LogP contribution in [0.1, 0.15) is 18.4 Å². The summed E-state index contributed by atoms with van der Waals surface area (Å²) >= 11 is 0. The molecule has 3 rings (SSSR count). The van der Waals surface area contributed by atoms with Gasteiger partial charge in [0, 0.05) is 13.1 Å². The van der Waals surface area contributed by atoms with Gasteiger partial charge in [-0.15, -0.1) is 0 Å². The number of hydrogen-bond acceptors (Lipinski definition) is 4. The molecule has 0 saturated carbocycles. The lowest BCUT2D eigenvalue weighted by atomic mass is 10.0. The fourth-order valence-electron chi connectivity index (χ4n) is 3.50. The molecule has 0 radical (unpaired) electrons. The average molecular weight is 324 g/mol. The Morgan fingerprint density at radius 1 is 1.23 bits per heavy atom. The van der Waals surface area contributed by atoms with Gasteiger partial charge in [0.1, 0.15) is 5.75 Å². The quantitative estimate of drug-likeness (QED) is 0.906. The third-order valence-electron chi connectivity index (χ3n) is 4.81. The zero-order valence-corrected chi connectivity index (χ0v) is 13.8. The lowest BCUT2D eigenvalue weighted by Gasteiger charge is -2.17. The minimum Gasteiger partial charge on any atom is -0.497 e. The van der Waals surface area contributed by atoms with Crippen LogP contribution in [-0.4, -0.2) is 51.3 Å². The Bertz CT molecular complexity index is 600. The zero-order chi connectivity index (χ0) is 15.6. The van der Waals surface area contributed by atoms with Gasteiger partial charge in [-0.05, 0) is 56.0 Å². The van der Waals surface area contributed by atoms with Crippen molar-refractivity contribution in [3.8, 4) is 5.75 Å². The van der Waals surface area contributed by atoms with Gasteiger partial charge in [0.25, 0.3) is 0 Å². The molecule has 2 saturated heterocycles. The fourth-order valence-corrected chi connectivity index (χ4v) is 5.75. The van der Waals surface area contributed by atoms with Crippen LogP contribution in [-0.2, 0) is 16.4 Å². The molecule has 1 N–H and O–H groups in total. The van der Waals surface area contributed by atoms with E-state index < -0.39 is 10.0 Å². The monoisotopic (exact) mass is 324 g/mol. The summed E-state index contributed by atoms with van der Waals surface area (Å²) in [7, 11) is -1.48. The molecule has 0 aromatic heterocycles. The van der Waals surface area contributed by atoms with Crippen LogP contribution in [0.3, 0.4) is 0 Å². The number of ether oxygens (including phenoxy) is 1. The molecule has 1 aromatic carbocycles. The highest BCUT2D eigenvalue weighted by molar-refractivity contribution is 7.90. The van der Waals surface area contributed by atoms with Crippen LogP contribution in [0.5, 0.6) is 5.75 Å². The largest absolute Gasteiger partial charge is 0.497 e. The Labute approximate surface area is 132 Å². The number of nitrogens with zero attached hydrogens (tertiary/aromatic N) is 1. The van der Waals surface area contributed by atoms with Crippen LogP contribution in [0, 0.1) is 5.92 Å². The molecule has 1 aromatic rings. The molecule has 0 aliphatic carbocycles. The molecule has 2 heterocycles. The highest BCUT2D eigenvalue weighted by atomic mass is 32.2. The second-order valence-corrected chi connectivity index (χ2v) is 8.28. The number of rotatable bonds is 4. The maximum atomic E-state index is 12.7. The third-order valence-corrected chi connectivity index (χ3v) is 7.25. The van der Waals surface area contributed by atoms with Crippen molar-refractivity contribution in [2.45, 2.75) is 24.5 Å². The highest BCUT2D eigenvalue weighted by Crippen LogP contribution is 2.32. The molecule has 0 amide bonds. The molecule has 2 atom stereocenters. The van der Waals surface area contributed by atoms with Crippen molar-refractivity contribution in [1.29, 1.82) is 0 Å². The van der Waals surface area contributed by atoms with E-state index in [1.807, 2.05) is 24.3 Å².